The van der Waals surface area contributed by atoms with Crippen molar-refractivity contribution in [2.45, 2.75) is 38.7 Å². The van der Waals surface area contributed by atoms with Gasteiger partial charge < -0.3 is 10.1 Å². The molecule has 7 heteroatoms. The highest BCUT2D eigenvalue weighted by Crippen LogP contribution is 2.26. The van der Waals surface area contributed by atoms with Gasteiger partial charge in [-0.1, -0.05) is 36.0 Å². The van der Waals surface area contributed by atoms with Gasteiger partial charge in [0, 0.05) is 6.20 Å². The number of carbonyl (C=O) groups is 2. The fourth-order valence-electron chi connectivity index (χ4n) is 2.21. The number of nitrogens with zero attached hydrogens (tertiary/aromatic N) is 1. The summed E-state index contributed by atoms with van der Waals surface area (Å²) in [4.78, 5) is 27.8. The predicted octanol–water partition coefficient (Wildman–Crippen LogP) is 3.45. The summed E-state index contributed by atoms with van der Waals surface area (Å²) < 4.78 is 5.18. The van der Waals surface area contributed by atoms with E-state index in [2.05, 4.69) is 10.3 Å². The van der Waals surface area contributed by atoms with Gasteiger partial charge in [0.05, 0.1) is 16.0 Å². The van der Waals surface area contributed by atoms with Crippen LogP contribution in [0.1, 0.15) is 32.6 Å². The van der Waals surface area contributed by atoms with Crippen LogP contribution in [-0.4, -0.2) is 23.0 Å². The summed E-state index contributed by atoms with van der Waals surface area (Å²) in [6.45, 7) is 1.52. The van der Waals surface area contributed by atoms with Crippen molar-refractivity contribution in [3.63, 3.8) is 0 Å². The first-order chi connectivity index (χ1) is 9.97. The molecule has 0 saturated heterocycles. The van der Waals surface area contributed by atoms with Crippen LogP contribution in [0.4, 0.5) is 5.82 Å². The monoisotopic (exact) mass is 330 g/mol. The molecule has 1 amide bonds. The Hall–Kier alpha value is -1.33. The number of ether oxygens (including phenoxy) is 1. The zero-order chi connectivity index (χ0) is 15.4. The number of pyridine rings is 1. The van der Waals surface area contributed by atoms with Crippen molar-refractivity contribution in [2.75, 3.05) is 5.32 Å². The Morgan fingerprint density at radius 3 is 2.67 bits per heavy atom. The smallest absolute Gasteiger partial charge is 0.309 e. The fourth-order valence-corrected chi connectivity index (χ4v) is 2.64. The Bertz CT molecular complexity index is 545. The van der Waals surface area contributed by atoms with Crippen molar-refractivity contribution in [3.8, 4) is 0 Å². The number of rotatable bonds is 4. The summed E-state index contributed by atoms with van der Waals surface area (Å²) in [5.41, 5.74) is 0. The van der Waals surface area contributed by atoms with Crippen LogP contribution in [0.15, 0.2) is 12.3 Å². The van der Waals surface area contributed by atoms with Gasteiger partial charge in [0.1, 0.15) is 0 Å². The fraction of sp³-hybridized carbons (Fsp3) is 0.500. The number of halogens is 2. The lowest BCUT2D eigenvalue weighted by atomic mass is 10.1. The quantitative estimate of drug-likeness (QED) is 0.858. The maximum Gasteiger partial charge on any atom is 0.309 e. The van der Waals surface area contributed by atoms with Crippen molar-refractivity contribution in [2.24, 2.45) is 5.92 Å². The maximum atomic E-state index is 12.0. The summed E-state index contributed by atoms with van der Waals surface area (Å²) in [7, 11) is 0. The second-order valence-electron chi connectivity index (χ2n) is 5.03. The van der Waals surface area contributed by atoms with E-state index in [1.54, 1.807) is 0 Å². The van der Waals surface area contributed by atoms with Crippen LogP contribution in [0.25, 0.3) is 0 Å². The molecule has 1 aromatic rings. The minimum atomic E-state index is -0.897. The van der Waals surface area contributed by atoms with Crippen LogP contribution in [0.2, 0.25) is 10.0 Å². The van der Waals surface area contributed by atoms with E-state index in [9.17, 15) is 9.59 Å². The van der Waals surface area contributed by atoms with E-state index in [-0.39, 0.29) is 22.7 Å². The molecule has 0 bridgehead atoms. The van der Waals surface area contributed by atoms with Gasteiger partial charge in [0.25, 0.3) is 5.91 Å². The van der Waals surface area contributed by atoms with Crippen LogP contribution < -0.4 is 5.32 Å². The molecule has 1 aliphatic carbocycles. The molecule has 0 spiro atoms. The number of anilines is 1. The van der Waals surface area contributed by atoms with Crippen LogP contribution in [-0.2, 0) is 14.3 Å². The first kappa shape index (κ1) is 16.0. The highest BCUT2D eigenvalue weighted by atomic mass is 35.5. The van der Waals surface area contributed by atoms with Crippen molar-refractivity contribution >= 4 is 40.9 Å². The second-order valence-corrected chi connectivity index (χ2v) is 5.88. The van der Waals surface area contributed by atoms with E-state index >= 15 is 0 Å². The number of aromatic nitrogens is 1. The largest absolute Gasteiger partial charge is 0.452 e. The zero-order valence-corrected chi connectivity index (χ0v) is 13.1. The number of hydrogen-bond acceptors (Lipinski definition) is 4. The number of hydrogen-bond donors (Lipinski definition) is 1. The van der Waals surface area contributed by atoms with E-state index in [0.717, 1.165) is 25.7 Å². The zero-order valence-electron chi connectivity index (χ0n) is 11.6. The van der Waals surface area contributed by atoms with Gasteiger partial charge in [-0.3, -0.25) is 9.59 Å². The molecule has 1 saturated carbocycles. The third kappa shape index (κ3) is 4.32. The van der Waals surface area contributed by atoms with Crippen LogP contribution in [0, 0.1) is 5.92 Å². The third-order valence-electron chi connectivity index (χ3n) is 3.40. The molecule has 0 unspecified atom stereocenters. The Kier molecular flexibility index (Phi) is 5.42. The van der Waals surface area contributed by atoms with Gasteiger partial charge in [-0.15, -0.1) is 0 Å². The van der Waals surface area contributed by atoms with E-state index in [1.807, 2.05) is 0 Å². The minimum Gasteiger partial charge on any atom is -0.452 e. The lowest BCUT2D eigenvalue weighted by molar-refractivity contribution is -0.157. The summed E-state index contributed by atoms with van der Waals surface area (Å²) in [6.07, 6.45) is 4.20. The molecule has 1 aliphatic rings. The average Bonchev–Trinajstić information content (AvgIpc) is 2.95. The highest BCUT2D eigenvalue weighted by molar-refractivity contribution is 6.36. The van der Waals surface area contributed by atoms with Gasteiger partial charge in [-0.25, -0.2) is 4.98 Å². The lowest BCUT2D eigenvalue weighted by Gasteiger charge is -2.16. The van der Waals surface area contributed by atoms with Crippen LogP contribution in [0.3, 0.4) is 0 Å². The van der Waals surface area contributed by atoms with Crippen LogP contribution in [0.5, 0.6) is 0 Å². The summed E-state index contributed by atoms with van der Waals surface area (Å²) in [5.74, 6) is -0.685. The summed E-state index contributed by atoms with van der Waals surface area (Å²) in [6, 6.07) is 1.47. The number of nitrogens with one attached hydrogen (secondary N) is 1. The van der Waals surface area contributed by atoms with Crippen molar-refractivity contribution in [3.05, 3.63) is 22.3 Å². The molecule has 1 fully saturated rings. The van der Waals surface area contributed by atoms with Gasteiger partial charge in [-0.2, -0.15) is 0 Å². The van der Waals surface area contributed by atoms with Gasteiger partial charge in [0.2, 0.25) is 0 Å². The molecule has 0 radical (unpaired) electrons. The third-order valence-corrected chi connectivity index (χ3v) is 3.89. The summed E-state index contributed by atoms with van der Waals surface area (Å²) >= 11 is 11.6. The first-order valence-corrected chi connectivity index (χ1v) is 7.55. The molecule has 1 heterocycles. The number of carbonyl (C=O) groups excluding carboxylic acids is 2. The molecule has 2 rings (SSSR count). The molecule has 0 aromatic carbocycles. The highest BCUT2D eigenvalue weighted by Gasteiger charge is 2.27. The van der Waals surface area contributed by atoms with E-state index in [4.69, 9.17) is 27.9 Å². The average molecular weight is 331 g/mol. The Morgan fingerprint density at radius 1 is 1.38 bits per heavy atom. The van der Waals surface area contributed by atoms with E-state index in [1.165, 1.54) is 19.2 Å². The summed E-state index contributed by atoms with van der Waals surface area (Å²) in [5, 5.41) is 3.12. The molecular formula is C14H16Cl2N2O3. The molecule has 5 nitrogen and oxygen atoms in total. The normalized spacial score (nSPS) is 16.5. The molecule has 114 valence electrons. The molecule has 0 aliphatic heterocycles. The SMILES string of the molecule is C[C@@H](OC(=O)C1CCCC1)C(=O)Nc1ncc(Cl)cc1Cl. The Balaban J connectivity index is 1.91. The van der Waals surface area contributed by atoms with E-state index in [0.29, 0.717) is 5.02 Å². The van der Waals surface area contributed by atoms with Gasteiger partial charge in [-0.05, 0) is 25.8 Å². The predicted molar refractivity (Wildman–Crippen MR) is 80.4 cm³/mol. The Morgan fingerprint density at radius 2 is 2.05 bits per heavy atom. The van der Waals surface area contributed by atoms with Crippen LogP contribution >= 0.6 is 23.2 Å². The second kappa shape index (κ2) is 7.09. The molecule has 1 atom stereocenters. The number of esters is 1. The number of amides is 1. The van der Waals surface area contributed by atoms with Gasteiger partial charge in [0.15, 0.2) is 11.9 Å². The maximum absolute atomic E-state index is 12.0. The van der Waals surface area contributed by atoms with Gasteiger partial charge >= 0.3 is 5.97 Å². The van der Waals surface area contributed by atoms with Crippen molar-refractivity contribution in [1.29, 1.82) is 0 Å². The molecule has 1 N–H and O–H groups in total. The molecular weight excluding hydrogens is 315 g/mol. The Labute approximate surface area is 133 Å². The van der Waals surface area contributed by atoms with E-state index < -0.39 is 12.0 Å². The van der Waals surface area contributed by atoms with Crippen molar-refractivity contribution < 1.29 is 14.3 Å². The molecule has 21 heavy (non-hydrogen) atoms. The standard InChI is InChI=1S/C14H16Cl2N2O3/c1-8(21-14(20)9-4-2-3-5-9)13(19)18-12-11(16)6-10(15)7-17-12/h6-9H,2-5H2,1H3,(H,17,18,19)/t8-/m1/s1. The molecule has 1 aromatic heterocycles. The minimum absolute atomic E-state index is 0.0857. The topological polar surface area (TPSA) is 68.3 Å². The lowest BCUT2D eigenvalue weighted by Crippen LogP contribution is -2.32. The first-order valence-electron chi connectivity index (χ1n) is 6.80. The van der Waals surface area contributed by atoms with Crippen molar-refractivity contribution in [1.82, 2.24) is 4.98 Å².